The van der Waals surface area contributed by atoms with Gasteiger partial charge in [-0.05, 0) is 51.7 Å². The van der Waals surface area contributed by atoms with E-state index in [1.807, 2.05) is 20.8 Å². The van der Waals surface area contributed by atoms with Crippen LogP contribution in [0.25, 0.3) is 0 Å². The Morgan fingerprint density at radius 3 is 2.36 bits per heavy atom. The standard InChI is InChI=1S/C18H23F3N2O2/c1-15(2,3)25-14(24)23-17-9-16(10-17,11-17)22-8-12-5-4-6-13(7-12)18(19,20)21/h4-7,22H,8-11H2,1-3H3,(H,23,24). The van der Waals surface area contributed by atoms with Crippen LogP contribution in [0.5, 0.6) is 0 Å². The van der Waals surface area contributed by atoms with E-state index in [1.165, 1.54) is 12.1 Å². The van der Waals surface area contributed by atoms with Crippen molar-refractivity contribution in [2.75, 3.05) is 0 Å². The van der Waals surface area contributed by atoms with E-state index in [1.54, 1.807) is 6.07 Å². The summed E-state index contributed by atoms with van der Waals surface area (Å²) in [7, 11) is 0. The molecule has 0 radical (unpaired) electrons. The van der Waals surface area contributed by atoms with E-state index in [9.17, 15) is 18.0 Å². The van der Waals surface area contributed by atoms with Crippen LogP contribution in [-0.2, 0) is 17.5 Å². The molecule has 2 bridgehead atoms. The van der Waals surface area contributed by atoms with Crippen molar-refractivity contribution in [1.82, 2.24) is 10.6 Å². The molecule has 2 N–H and O–H groups in total. The van der Waals surface area contributed by atoms with Crippen molar-refractivity contribution in [2.24, 2.45) is 0 Å². The molecule has 138 valence electrons. The maximum Gasteiger partial charge on any atom is 0.416 e. The normalized spacial score (nSPS) is 27.9. The van der Waals surface area contributed by atoms with Crippen molar-refractivity contribution in [3.8, 4) is 0 Å². The second-order valence-corrected chi connectivity index (χ2v) is 8.27. The minimum absolute atomic E-state index is 0.0801. The Morgan fingerprint density at radius 1 is 1.16 bits per heavy atom. The molecule has 1 amide bonds. The van der Waals surface area contributed by atoms with Crippen LogP contribution in [0.3, 0.4) is 0 Å². The van der Waals surface area contributed by atoms with Crippen molar-refractivity contribution in [2.45, 2.75) is 69.4 Å². The summed E-state index contributed by atoms with van der Waals surface area (Å²) >= 11 is 0. The predicted molar refractivity (Wildman–Crippen MR) is 87.0 cm³/mol. The van der Waals surface area contributed by atoms with Gasteiger partial charge in [-0.3, -0.25) is 0 Å². The fourth-order valence-electron chi connectivity index (χ4n) is 3.78. The molecule has 0 unspecified atom stereocenters. The number of amides is 1. The molecule has 4 rings (SSSR count). The number of halogens is 3. The van der Waals surface area contributed by atoms with Gasteiger partial charge in [-0.25, -0.2) is 4.79 Å². The van der Waals surface area contributed by atoms with Gasteiger partial charge < -0.3 is 15.4 Å². The van der Waals surface area contributed by atoms with Crippen LogP contribution in [0.1, 0.15) is 51.2 Å². The molecule has 7 heteroatoms. The highest BCUT2D eigenvalue weighted by Crippen LogP contribution is 2.60. The Balaban J connectivity index is 1.48. The first-order chi connectivity index (χ1) is 11.4. The van der Waals surface area contributed by atoms with E-state index in [-0.39, 0.29) is 11.1 Å². The third kappa shape index (κ3) is 3.92. The van der Waals surface area contributed by atoms with Gasteiger partial charge in [-0.15, -0.1) is 0 Å². The number of ether oxygens (including phenoxy) is 1. The molecule has 0 atom stereocenters. The van der Waals surface area contributed by atoms with Crippen LogP contribution in [0.4, 0.5) is 18.0 Å². The Kier molecular flexibility index (Phi) is 4.06. The zero-order chi connectivity index (χ0) is 18.5. The van der Waals surface area contributed by atoms with Crippen LogP contribution in [0.2, 0.25) is 0 Å². The third-order valence-electron chi connectivity index (χ3n) is 4.72. The molecule has 0 heterocycles. The van der Waals surface area contributed by atoms with E-state index < -0.39 is 23.4 Å². The largest absolute Gasteiger partial charge is 0.444 e. The van der Waals surface area contributed by atoms with Crippen LogP contribution >= 0.6 is 0 Å². The van der Waals surface area contributed by atoms with Crippen LogP contribution in [-0.4, -0.2) is 22.8 Å². The lowest BCUT2D eigenvalue weighted by Gasteiger charge is -2.70. The number of alkyl carbamates (subject to hydrolysis) is 1. The number of nitrogens with one attached hydrogen (secondary N) is 2. The highest BCUT2D eigenvalue weighted by Gasteiger charge is 2.68. The van der Waals surface area contributed by atoms with Crippen LogP contribution in [0.15, 0.2) is 24.3 Å². The molecule has 3 aliphatic rings. The summed E-state index contributed by atoms with van der Waals surface area (Å²) in [6.07, 6.45) is -2.42. The average Bonchev–Trinajstić information content (AvgIpc) is 2.37. The van der Waals surface area contributed by atoms with E-state index >= 15 is 0 Å². The Hall–Kier alpha value is -1.76. The number of benzene rings is 1. The molecule has 3 saturated carbocycles. The first-order valence-electron chi connectivity index (χ1n) is 8.33. The van der Waals surface area contributed by atoms with Gasteiger partial charge in [-0.2, -0.15) is 13.2 Å². The molecule has 3 aliphatic carbocycles. The van der Waals surface area contributed by atoms with Crippen molar-refractivity contribution in [1.29, 1.82) is 0 Å². The number of rotatable bonds is 4. The van der Waals surface area contributed by atoms with E-state index in [0.717, 1.165) is 25.3 Å². The third-order valence-corrected chi connectivity index (χ3v) is 4.72. The monoisotopic (exact) mass is 356 g/mol. The highest BCUT2D eigenvalue weighted by molar-refractivity contribution is 5.70. The summed E-state index contributed by atoms with van der Waals surface area (Å²) in [5, 5.41) is 6.26. The lowest BCUT2D eigenvalue weighted by atomic mass is 9.44. The first kappa shape index (κ1) is 18.0. The fourth-order valence-corrected chi connectivity index (χ4v) is 3.78. The van der Waals surface area contributed by atoms with Gasteiger partial charge in [0.25, 0.3) is 0 Å². The van der Waals surface area contributed by atoms with Gasteiger partial charge in [-0.1, -0.05) is 18.2 Å². The number of hydrogen-bond acceptors (Lipinski definition) is 3. The Labute approximate surface area is 145 Å². The minimum atomic E-state index is -4.33. The highest BCUT2D eigenvalue weighted by atomic mass is 19.4. The molecular weight excluding hydrogens is 333 g/mol. The summed E-state index contributed by atoms with van der Waals surface area (Å²) in [4.78, 5) is 11.8. The Bertz CT molecular complexity index is 660. The predicted octanol–water partition coefficient (Wildman–Crippen LogP) is 3.99. The number of carbonyl (C=O) groups is 1. The van der Waals surface area contributed by atoms with Crippen molar-refractivity contribution in [3.05, 3.63) is 35.4 Å². The van der Waals surface area contributed by atoms with Crippen LogP contribution < -0.4 is 10.6 Å². The van der Waals surface area contributed by atoms with Crippen LogP contribution in [0, 0.1) is 0 Å². The second kappa shape index (κ2) is 5.62. The summed E-state index contributed by atoms with van der Waals surface area (Å²) in [6, 6.07) is 5.35. The van der Waals surface area contributed by atoms with E-state index in [0.29, 0.717) is 12.1 Å². The number of carbonyl (C=O) groups excluding carboxylic acids is 1. The summed E-state index contributed by atoms with van der Waals surface area (Å²) in [5.41, 5.74) is -0.861. The lowest BCUT2D eigenvalue weighted by Crippen LogP contribution is -2.83. The molecular formula is C18H23F3N2O2. The van der Waals surface area contributed by atoms with Gasteiger partial charge in [0.2, 0.25) is 0 Å². The summed E-state index contributed by atoms with van der Waals surface area (Å²) < 4.78 is 43.5. The van der Waals surface area contributed by atoms with Gasteiger partial charge in [0.15, 0.2) is 0 Å². The Morgan fingerprint density at radius 2 is 1.80 bits per heavy atom. The molecule has 0 aliphatic heterocycles. The van der Waals surface area contributed by atoms with Crippen molar-refractivity contribution in [3.63, 3.8) is 0 Å². The van der Waals surface area contributed by atoms with Gasteiger partial charge in [0.1, 0.15) is 5.60 Å². The molecule has 3 fully saturated rings. The summed E-state index contributed by atoms with van der Waals surface area (Å²) in [5.74, 6) is 0. The first-order valence-corrected chi connectivity index (χ1v) is 8.33. The van der Waals surface area contributed by atoms with Gasteiger partial charge in [0.05, 0.1) is 5.56 Å². The average molecular weight is 356 g/mol. The van der Waals surface area contributed by atoms with Gasteiger partial charge in [0, 0.05) is 17.6 Å². The maximum absolute atomic E-state index is 12.7. The second-order valence-electron chi connectivity index (χ2n) is 8.27. The quantitative estimate of drug-likeness (QED) is 0.858. The molecule has 4 nitrogen and oxygen atoms in total. The van der Waals surface area contributed by atoms with Crippen molar-refractivity contribution < 1.29 is 22.7 Å². The molecule has 0 spiro atoms. The minimum Gasteiger partial charge on any atom is -0.444 e. The molecule has 0 saturated heterocycles. The van der Waals surface area contributed by atoms with E-state index in [4.69, 9.17) is 4.74 Å². The molecule has 1 aromatic rings. The fraction of sp³-hybridized carbons (Fsp3) is 0.611. The molecule has 0 aromatic heterocycles. The number of alkyl halides is 3. The maximum atomic E-state index is 12.7. The van der Waals surface area contributed by atoms with Gasteiger partial charge >= 0.3 is 12.3 Å². The number of hydrogen-bond donors (Lipinski definition) is 2. The topological polar surface area (TPSA) is 50.4 Å². The molecule has 1 aromatic carbocycles. The SMILES string of the molecule is CC(C)(C)OC(=O)NC12CC(NCc3cccc(C(F)(F)F)c3)(C1)C2. The van der Waals surface area contributed by atoms with Crippen molar-refractivity contribution >= 4 is 6.09 Å². The summed E-state index contributed by atoms with van der Waals surface area (Å²) in [6.45, 7) is 5.82. The molecule has 25 heavy (non-hydrogen) atoms. The van der Waals surface area contributed by atoms with E-state index in [2.05, 4.69) is 10.6 Å². The lowest BCUT2D eigenvalue weighted by molar-refractivity contribution is -0.137. The zero-order valence-corrected chi connectivity index (χ0v) is 14.6. The smallest absolute Gasteiger partial charge is 0.416 e. The zero-order valence-electron chi connectivity index (χ0n) is 14.6.